The molecule has 0 aromatic heterocycles. The Hall–Kier alpha value is 3.78. The Bertz CT molecular complexity index is 286. The molecule has 0 heterocycles. The van der Waals surface area contributed by atoms with Gasteiger partial charge in [0.2, 0.25) is 0 Å². The van der Waals surface area contributed by atoms with E-state index in [2.05, 4.69) is 55.4 Å². The fourth-order valence-corrected chi connectivity index (χ4v) is 13.9. The van der Waals surface area contributed by atoms with Crippen molar-refractivity contribution >= 4 is 54.9 Å². The van der Waals surface area contributed by atoms with Crippen molar-refractivity contribution < 1.29 is 44.8 Å². The van der Waals surface area contributed by atoms with Crippen LogP contribution < -0.4 is 0 Å². The summed E-state index contributed by atoms with van der Waals surface area (Å²) in [6, 6.07) is 0. The molecule has 0 aromatic carbocycles. The Morgan fingerprint density at radius 3 is 1.00 bits per heavy atom. The second-order valence-corrected chi connectivity index (χ2v) is 20.5. The van der Waals surface area contributed by atoms with Gasteiger partial charge in [0.15, 0.2) is 0 Å². The van der Waals surface area contributed by atoms with Crippen molar-refractivity contribution in [1.29, 1.82) is 0 Å². The molecule has 0 bridgehead atoms. The fourth-order valence-electron chi connectivity index (χ4n) is 2.87. The maximum atomic E-state index is 6.47. The molecule has 0 aliphatic carbocycles. The molecule has 0 nitrogen and oxygen atoms in total. The predicted octanol–water partition coefficient (Wildman–Crippen LogP) is 9.19. The average molecular weight is 875 g/mol. The van der Waals surface area contributed by atoms with Crippen molar-refractivity contribution in [3.8, 4) is 0 Å². The molecule has 0 saturated heterocycles. The van der Waals surface area contributed by atoms with Gasteiger partial charge in [-0.25, -0.2) is 0 Å². The Labute approximate surface area is 225 Å². The molecule has 0 aromatic rings. The van der Waals surface area contributed by atoms with E-state index in [1.54, 1.807) is 12.3 Å². The molecule has 0 rings (SSSR count). The van der Waals surface area contributed by atoms with Crippen LogP contribution in [0.1, 0.15) is 55.4 Å². The van der Waals surface area contributed by atoms with Crippen molar-refractivity contribution in [2.75, 3.05) is 67.8 Å². The monoisotopic (exact) mass is 874 g/mol. The van der Waals surface area contributed by atoms with Crippen LogP contribution in [0.4, 0.5) is 0 Å². The maximum absolute atomic E-state index is 6.47. The van der Waals surface area contributed by atoms with Gasteiger partial charge < -0.3 is 0 Å². The van der Waals surface area contributed by atoms with Crippen LogP contribution >= 0.6 is 54.9 Å². The standard InChI is InChI=1S/C10H22Cl2P2.C10H24P2.2Au/c1-5-13(6-2)9-10(11,12)14(7-3)8-4;1-5-11(6-2)9-10-12(7-3)8-4;;/h5-9H2,1-4H3;5-10H2,1-4H3;;. The van der Waals surface area contributed by atoms with E-state index in [0.29, 0.717) is 15.8 Å². The van der Waals surface area contributed by atoms with E-state index >= 15 is 0 Å². The van der Waals surface area contributed by atoms with Crippen molar-refractivity contribution in [3.05, 3.63) is 0 Å². The molecule has 0 aliphatic heterocycles. The SMILES string of the molecule is CCP(CC)CC(Cl)(Cl)P(CC)CC.CCP(CC)CCP(CC)CC.[Au].[Au]. The quantitative estimate of drug-likeness (QED) is 0.0929. The number of alkyl halides is 2. The van der Waals surface area contributed by atoms with Gasteiger partial charge >= 0.3 is 0 Å². The van der Waals surface area contributed by atoms with E-state index in [0.717, 1.165) is 18.5 Å². The van der Waals surface area contributed by atoms with Crippen LogP contribution in [0.2, 0.25) is 0 Å². The molecule has 0 atom stereocenters. The first-order valence-electron chi connectivity index (χ1n) is 10.6. The van der Waals surface area contributed by atoms with Crippen molar-refractivity contribution in [2.24, 2.45) is 0 Å². The van der Waals surface area contributed by atoms with Gasteiger partial charge in [-0.1, -0.05) is 86.5 Å². The minimum absolute atomic E-state index is 0. The van der Waals surface area contributed by atoms with E-state index in [1.165, 1.54) is 37.0 Å². The van der Waals surface area contributed by atoms with Crippen LogP contribution in [0.5, 0.6) is 0 Å². The molecule has 2 radical (unpaired) electrons. The molecule has 28 heavy (non-hydrogen) atoms. The summed E-state index contributed by atoms with van der Waals surface area (Å²) >= 11 is 12.9. The van der Waals surface area contributed by atoms with Gasteiger partial charge in [-0.15, -0.1) is 23.8 Å². The molecule has 182 valence electrons. The Balaban J connectivity index is -0.000000194. The van der Waals surface area contributed by atoms with Gasteiger partial charge in [0.1, 0.15) is 4.07 Å². The van der Waals surface area contributed by atoms with E-state index in [1.807, 2.05) is 0 Å². The first kappa shape index (κ1) is 39.0. The minimum atomic E-state index is -0.420. The molecule has 0 amide bonds. The molecule has 8 heteroatoms. The average Bonchev–Trinajstić information content (AvgIpc) is 2.65. The zero-order valence-electron chi connectivity index (χ0n) is 19.4. The third kappa shape index (κ3) is 19.3. The molecule has 0 spiro atoms. The van der Waals surface area contributed by atoms with E-state index in [4.69, 9.17) is 23.2 Å². The van der Waals surface area contributed by atoms with Crippen molar-refractivity contribution in [3.63, 3.8) is 0 Å². The predicted molar refractivity (Wildman–Crippen MR) is 141 cm³/mol. The van der Waals surface area contributed by atoms with Crippen molar-refractivity contribution in [2.45, 2.75) is 59.5 Å². The molecular weight excluding hydrogens is 829 g/mol. The van der Waals surface area contributed by atoms with E-state index < -0.39 is 4.07 Å². The molecule has 0 N–H and O–H groups in total. The second kappa shape index (κ2) is 25.4. The van der Waals surface area contributed by atoms with Gasteiger partial charge in [0.05, 0.1) is 0 Å². The van der Waals surface area contributed by atoms with Gasteiger partial charge in [0.25, 0.3) is 0 Å². The summed E-state index contributed by atoms with van der Waals surface area (Å²) in [7, 11) is 0.700. The smallest absolute Gasteiger partial charge is 0.107 e. The summed E-state index contributed by atoms with van der Waals surface area (Å²) in [5.74, 6) is 0. The van der Waals surface area contributed by atoms with Crippen molar-refractivity contribution in [1.82, 2.24) is 0 Å². The van der Waals surface area contributed by atoms with Crippen LogP contribution in [0.25, 0.3) is 0 Å². The summed E-state index contributed by atoms with van der Waals surface area (Å²) in [5.41, 5.74) is 0. The van der Waals surface area contributed by atoms with Crippen LogP contribution in [-0.4, -0.2) is 71.9 Å². The van der Waals surface area contributed by atoms with E-state index in [9.17, 15) is 0 Å². The maximum Gasteiger partial charge on any atom is 0.140 e. The first-order valence-corrected chi connectivity index (χ1v) is 18.8. The number of hydrogen-bond acceptors (Lipinski definition) is 0. The summed E-state index contributed by atoms with van der Waals surface area (Å²) in [6.07, 6.45) is 14.7. The van der Waals surface area contributed by atoms with Crippen LogP contribution in [0.3, 0.4) is 0 Å². The Kier molecular flexibility index (Phi) is 35.4. The second-order valence-electron chi connectivity index (χ2n) is 6.35. The molecule has 0 saturated carbocycles. The summed E-state index contributed by atoms with van der Waals surface area (Å²) in [6.45, 7) is 18.3. The third-order valence-corrected chi connectivity index (χ3v) is 18.3. The molecule has 0 unspecified atom stereocenters. The van der Waals surface area contributed by atoms with Gasteiger partial charge in [-0.05, 0) is 61.6 Å². The number of halogens is 2. The Morgan fingerprint density at radius 1 is 0.500 bits per heavy atom. The van der Waals surface area contributed by atoms with Gasteiger partial charge in [-0.3, -0.25) is 0 Å². The fraction of sp³-hybridized carbons (Fsp3) is 1.00. The normalized spacial score (nSPS) is 11.4. The van der Waals surface area contributed by atoms with Crippen LogP contribution in [0, 0.1) is 0 Å². The summed E-state index contributed by atoms with van der Waals surface area (Å²) in [5, 5.41) is 0. The van der Waals surface area contributed by atoms with E-state index in [-0.39, 0.29) is 60.6 Å². The Morgan fingerprint density at radius 2 is 0.786 bits per heavy atom. The largest absolute Gasteiger partial charge is 0.140 e. The zero-order chi connectivity index (χ0) is 20.6. The summed E-state index contributed by atoms with van der Waals surface area (Å²) < 4.78 is -0.420. The number of hydrogen-bond donors (Lipinski definition) is 0. The first-order chi connectivity index (χ1) is 12.3. The third-order valence-electron chi connectivity index (χ3n) is 5.06. The van der Waals surface area contributed by atoms with Gasteiger partial charge in [0, 0.05) is 50.9 Å². The topological polar surface area (TPSA) is 0 Å². The summed E-state index contributed by atoms with van der Waals surface area (Å²) in [4.78, 5) is 0. The van der Waals surface area contributed by atoms with Crippen LogP contribution in [0.15, 0.2) is 0 Å². The molecular formula is C20H46Au2Cl2P4. The molecule has 0 aliphatic rings. The minimum Gasteiger partial charge on any atom is -0.107 e. The molecule has 0 fully saturated rings. The van der Waals surface area contributed by atoms with Gasteiger partial charge in [-0.2, -0.15) is 0 Å². The zero-order valence-corrected chi connectivity index (χ0v) is 28.8. The van der Waals surface area contributed by atoms with Crippen LogP contribution in [-0.2, 0) is 44.8 Å². The number of rotatable bonds is 14.